The highest BCUT2D eigenvalue weighted by molar-refractivity contribution is 5.95. The maximum atomic E-state index is 12.2. The van der Waals surface area contributed by atoms with Gasteiger partial charge in [-0.05, 0) is 43.5 Å². The molecule has 5 heteroatoms. The van der Waals surface area contributed by atoms with Crippen LogP contribution in [0.15, 0.2) is 48.5 Å². The van der Waals surface area contributed by atoms with Gasteiger partial charge in [-0.25, -0.2) is 0 Å². The zero-order valence-electron chi connectivity index (χ0n) is 14.2. The minimum absolute atomic E-state index is 0.0405. The van der Waals surface area contributed by atoms with E-state index in [1.54, 1.807) is 18.2 Å². The smallest absolute Gasteiger partial charge is 0.311 e. The van der Waals surface area contributed by atoms with Gasteiger partial charge in [-0.1, -0.05) is 30.3 Å². The number of carbonyl (C=O) groups excluding carboxylic acids is 2. The molecular formula is C20H21NO4. The average molecular weight is 339 g/mol. The SMILES string of the molecule is CCOc1ccccc1OC(=O)CCC1Cc2ccccc2NC1=O. The molecule has 1 aliphatic heterocycles. The lowest BCUT2D eigenvalue weighted by Gasteiger charge is -2.24. The Labute approximate surface area is 147 Å². The number of hydrogen-bond acceptors (Lipinski definition) is 4. The highest BCUT2D eigenvalue weighted by Gasteiger charge is 2.26. The van der Waals surface area contributed by atoms with Gasteiger partial charge in [0.05, 0.1) is 6.61 Å². The Balaban J connectivity index is 1.57. The third kappa shape index (κ3) is 4.18. The maximum absolute atomic E-state index is 12.2. The molecule has 0 aliphatic carbocycles. The largest absolute Gasteiger partial charge is 0.490 e. The summed E-state index contributed by atoms with van der Waals surface area (Å²) in [4.78, 5) is 24.3. The molecule has 3 rings (SSSR count). The van der Waals surface area contributed by atoms with Crippen molar-refractivity contribution in [1.29, 1.82) is 0 Å². The highest BCUT2D eigenvalue weighted by atomic mass is 16.6. The normalized spacial score (nSPS) is 15.9. The summed E-state index contributed by atoms with van der Waals surface area (Å²) < 4.78 is 10.8. The first kappa shape index (κ1) is 17.0. The molecule has 2 aromatic carbocycles. The third-order valence-corrected chi connectivity index (χ3v) is 4.18. The van der Waals surface area contributed by atoms with Crippen LogP contribution in [-0.2, 0) is 16.0 Å². The van der Waals surface area contributed by atoms with Gasteiger partial charge >= 0.3 is 5.97 Å². The lowest BCUT2D eigenvalue weighted by Crippen LogP contribution is -2.30. The molecule has 0 saturated heterocycles. The van der Waals surface area contributed by atoms with Gasteiger partial charge in [0.2, 0.25) is 5.91 Å². The lowest BCUT2D eigenvalue weighted by molar-refractivity contribution is -0.135. The molecular weight excluding hydrogens is 318 g/mol. The molecule has 1 amide bonds. The van der Waals surface area contributed by atoms with Crippen molar-refractivity contribution >= 4 is 17.6 Å². The van der Waals surface area contributed by atoms with Crippen LogP contribution in [0, 0.1) is 5.92 Å². The molecule has 2 aromatic rings. The summed E-state index contributed by atoms with van der Waals surface area (Å²) in [7, 11) is 0. The van der Waals surface area contributed by atoms with E-state index in [1.807, 2.05) is 37.3 Å². The molecule has 1 N–H and O–H groups in total. The molecule has 0 spiro atoms. The fraction of sp³-hybridized carbons (Fsp3) is 0.300. The Hall–Kier alpha value is -2.82. The number of hydrogen-bond donors (Lipinski definition) is 1. The van der Waals surface area contributed by atoms with Crippen molar-refractivity contribution < 1.29 is 19.1 Å². The van der Waals surface area contributed by atoms with Crippen LogP contribution in [0.25, 0.3) is 0 Å². The predicted octanol–water partition coefficient (Wildman–Crippen LogP) is 3.58. The van der Waals surface area contributed by atoms with E-state index >= 15 is 0 Å². The van der Waals surface area contributed by atoms with Crippen molar-refractivity contribution in [3.63, 3.8) is 0 Å². The van der Waals surface area contributed by atoms with Gasteiger partial charge in [-0.3, -0.25) is 9.59 Å². The van der Waals surface area contributed by atoms with Crippen molar-refractivity contribution in [3.8, 4) is 11.5 Å². The van der Waals surface area contributed by atoms with Crippen molar-refractivity contribution in [3.05, 3.63) is 54.1 Å². The summed E-state index contributed by atoms with van der Waals surface area (Å²) in [6, 6.07) is 14.8. The fourth-order valence-electron chi connectivity index (χ4n) is 2.92. The first-order chi connectivity index (χ1) is 12.2. The number of benzene rings is 2. The summed E-state index contributed by atoms with van der Waals surface area (Å²) >= 11 is 0. The minimum atomic E-state index is -0.362. The molecule has 25 heavy (non-hydrogen) atoms. The van der Waals surface area contributed by atoms with E-state index in [0.29, 0.717) is 30.9 Å². The molecule has 0 fully saturated rings. The number of nitrogens with one attached hydrogen (secondary N) is 1. The van der Waals surface area contributed by atoms with Crippen molar-refractivity contribution in [2.24, 2.45) is 5.92 Å². The monoisotopic (exact) mass is 339 g/mol. The molecule has 0 bridgehead atoms. The fourth-order valence-corrected chi connectivity index (χ4v) is 2.92. The number of fused-ring (bicyclic) bond motifs is 1. The van der Waals surface area contributed by atoms with Crippen molar-refractivity contribution in [2.75, 3.05) is 11.9 Å². The quantitative estimate of drug-likeness (QED) is 0.645. The molecule has 0 radical (unpaired) electrons. The zero-order chi connectivity index (χ0) is 17.6. The second kappa shape index (κ2) is 7.83. The number of anilines is 1. The molecule has 5 nitrogen and oxygen atoms in total. The third-order valence-electron chi connectivity index (χ3n) is 4.18. The summed E-state index contributed by atoms with van der Waals surface area (Å²) in [6.45, 7) is 2.37. The molecule has 1 heterocycles. The van der Waals surface area contributed by atoms with Crippen LogP contribution >= 0.6 is 0 Å². The van der Waals surface area contributed by atoms with E-state index < -0.39 is 0 Å². The van der Waals surface area contributed by atoms with Crippen LogP contribution in [0.3, 0.4) is 0 Å². The Bertz CT molecular complexity index is 772. The second-order valence-corrected chi connectivity index (χ2v) is 5.94. The van der Waals surface area contributed by atoms with E-state index in [4.69, 9.17) is 9.47 Å². The summed E-state index contributed by atoms with van der Waals surface area (Å²) in [5.74, 6) is 0.333. The van der Waals surface area contributed by atoms with E-state index in [2.05, 4.69) is 5.32 Å². The first-order valence-electron chi connectivity index (χ1n) is 8.48. The summed E-state index contributed by atoms with van der Waals surface area (Å²) in [6.07, 6.45) is 1.28. The van der Waals surface area contributed by atoms with E-state index in [-0.39, 0.29) is 24.2 Å². The maximum Gasteiger partial charge on any atom is 0.311 e. The van der Waals surface area contributed by atoms with Gasteiger partial charge < -0.3 is 14.8 Å². The Morgan fingerprint density at radius 1 is 1.12 bits per heavy atom. The molecule has 130 valence electrons. The minimum Gasteiger partial charge on any atom is -0.490 e. The number of rotatable bonds is 6. The number of esters is 1. The number of carbonyl (C=O) groups is 2. The van der Waals surface area contributed by atoms with E-state index in [0.717, 1.165) is 11.3 Å². The van der Waals surface area contributed by atoms with Gasteiger partial charge in [0.25, 0.3) is 0 Å². The Kier molecular flexibility index (Phi) is 5.33. The van der Waals surface area contributed by atoms with E-state index in [1.165, 1.54) is 0 Å². The molecule has 1 unspecified atom stereocenters. The van der Waals surface area contributed by atoms with Gasteiger partial charge in [0, 0.05) is 18.0 Å². The van der Waals surface area contributed by atoms with Gasteiger partial charge in [0.15, 0.2) is 11.5 Å². The topological polar surface area (TPSA) is 64.6 Å². The molecule has 0 saturated carbocycles. The number of amides is 1. The lowest BCUT2D eigenvalue weighted by atomic mass is 9.90. The van der Waals surface area contributed by atoms with Crippen molar-refractivity contribution in [1.82, 2.24) is 0 Å². The van der Waals surface area contributed by atoms with E-state index in [9.17, 15) is 9.59 Å². The zero-order valence-corrected chi connectivity index (χ0v) is 14.2. The van der Waals surface area contributed by atoms with Crippen LogP contribution in [0.2, 0.25) is 0 Å². The first-order valence-corrected chi connectivity index (χ1v) is 8.48. The van der Waals surface area contributed by atoms with Crippen LogP contribution in [-0.4, -0.2) is 18.5 Å². The second-order valence-electron chi connectivity index (χ2n) is 5.94. The van der Waals surface area contributed by atoms with Gasteiger partial charge in [-0.15, -0.1) is 0 Å². The van der Waals surface area contributed by atoms with Crippen LogP contribution in [0.5, 0.6) is 11.5 Å². The van der Waals surface area contributed by atoms with Gasteiger partial charge in [-0.2, -0.15) is 0 Å². The Morgan fingerprint density at radius 2 is 1.84 bits per heavy atom. The summed E-state index contributed by atoms with van der Waals surface area (Å²) in [5.41, 5.74) is 1.96. The predicted molar refractivity (Wildman–Crippen MR) is 94.7 cm³/mol. The standard InChI is InChI=1S/C20H21NO4/c1-2-24-17-9-5-6-10-18(17)25-19(22)12-11-15-13-14-7-3-4-8-16(14)21-20(15)23/h3-10,15H,2,11-13H2,1H3,(H,21,23). The number of para-hydroxylation sites is 3. The van der Waals surface area contributed by atoms with Crippen molar-refractivity contribution in [2.45, 2.75) is 26.2 Å². The molecule has 1 aliphatic rings. The number of ether oxygens (including phenoxy) is 2. The molecule has 1 atom stereocenters. The van der Waals surface area contributed by atoms with Crippen LogP contribution < -0.4 is 14.8 Å². The Morgan fingerprint density at radius 3 is 2.64 bits per heavy atom. The van der Waals surface area contributed by atoms with Gasteiger partial charge in [0.1, 0.15) is 0 Å². The van der Waals surface area contributed by atoms with Crippen LogP contribution in [0.1, 0.15) is 25.3 Å². The van der Waals surface area contributed by atoms with Crippen LogP contribution in [0.4, 0.5) is 5.69 Å². The highest BCUT2D eigenvalue weighted by Crippen LogP contribution is 2.29. The summed E-state index contributed by atoms with van der Waals surface area (Å²) in [5, 5.41) is 2.90. The molecule has 0 aromatic heterocycles. The average Bonchev–Trinajstić information content (AvgIpc) is 2.62.